The fraction of sp³-hybridized carbons (Fsp3) is 0.211. The standard InChI is InChI=1S/C19H20N2O4/c1-13(22)14-6-5-7-15(12-14)20-11-10-18(23)21-17-9-4-3-8-16(17)19(24)25-2/h3-9,12,20H,10-11H2,1-2H3,(H,21,23). The smallest absolute Gasteiger partial charge is 0.339 e. The summed E-state index contributed by atoms with van der Waals surface area (Å²) in [4.78, 5) is 35.1. The van der Waals surface area contributed by atoms with Crippen LogP contribution in [0, 0.1) is 0 Å². The number of nitrogens with one attached hydrogen (secondary N) is 2. The number of esters is 1. The molecule has 25 heavy (non-hydrogen) atoms. The highest BCUT2D eigenvalue weighted by Crippen LogP contribution is 2.16. The summed E-state index contributed by atoms with van der Waals surface area (Å²) in [6.07, 6.45) is 0.208. The van der Waals surface area contributed by atoms with Crippen molar-refractivity contribution in [2.45, 2.75) is 13.3 Å². The van der Waals surface area contributed by atoms with Crippen LogP contribution in [0.3, 0.4) is 0 Å². The maximum atomic E-state index is 12.1. The second-order valence-electron chi connectivity index (χ2n) is 5.40. The summed E-state index contributed by atoms with van der Waals surface area (Å²) in [5.41, 5.74) is 2.11. The number of carbonyl (C=O) groups excluding carboxylic acids is 3. The van der Waals surface area contributed by atoms with Gasteiger partial charge in [-0.3, -0.25) is 9.59 Å². The Morgan fingerprint density at radius 2 is 1.80 bits per heavy atom. The van der Waals surface area contributed by atoms with Gasteiger partial charge >= 0.3 is 5.97 Å². The molecule has 0 bridgehead atoms. The van der Waals surface area contributed by atoms with E-state index in [1.165, 1.54) is 14.0 Å². The maximum Gasteiger partial charge on any atom is 0.339 e. The van der Waals surface area contributed by atoms with Crippen molar-refractivity contribution >= 4 is 29.0 Å². The first kappa shape index (κ1) is 18.2. The van der Waals surface area contributed by atoms with Gasteiger partial charge in [-0.25, -0.2) is 4.79 Å². The highest BCUT2D eigenvalue weighted by atomic mass is 16.5. The van der Waals surface area contributed by atoms with Crippen LogP contribution in [0.15, 0.2) is 48.5 Å². The van der Waals surface area contributed by atoms with E-state index in [2.05, 4.69) is 10.6 Å². The monoisotopic (exact) mass is 340 g/mol. The fourth-order valence-electron chi connectivity index (χ4n) is 2.26. The van der Waals surface area contributed by atoms with E-state index in [9.17, 15) is 14.4 Å². The largest absolute Gasteiger partial charge is 0.465 e. The van der Waals surface area contributed by atoms with Gasteiger partial charge in [0.2, 0.25) is 5.91 Å². The summed E-state index contributed by atoms with van der Waals surface area (Å²) < 4.78 is 4.70. The molecule has 2 aromatic rings. The lowest BCUT2D eigenvalue weighted by molar-refractivity contribution is -0.115. The summed E-state index contributed by atoms with van der Waals surface area (Å²) in [6, 6.07) is 13.8. The Balaban J connectivity index is 1.91. The molecule has 0 aliphatic heterocycles. The second kappa shape index (κ2) is 8.63. The van der Waals surface area contributed by atoms with Crippen LogP contribution in [-0.4, -0.2) is 31.3 Å². The Labute approximate surface area is 146 Å². The summed E-state index contributed by atoms with van der Waals surface area (Å²) >= 11 is 0. The van der Waals surface area contributed by atoms with E-state index in [-0.39, 0.29) is 18.1 Å². The van der Waals surface area contributed by atoms with Crippen LogP contribution in [0.5, 0.6) is 0 Å². The molecule has 1 amide bonds. The molecule has 6 nitrogen and oxygen atoms in total. The predicted molar refractivity (Wildman–Crippen MR) is 96.0 cm³/mol. The number of carbonyl (C=O) groups is 3. The summed E-state index contributed by atoms with van der Waals surface area (Å²) in [5, 5.41) is 5.81. The van der Waals surface area contributed by atoms with Crippen LogP contribution >= 0.6 is 0 Å². The maximum absolute atomic E-state index is 12.1. The summed E-state index contributed by atoms with van der Waals surface area (Å²) in [7, 11) is 1.29. The molecule has 2 aromatic carbocycles. The first-order valence-electron chi connectivity index (χ1n) is 7.83. The first-order valence-corrected chi connectivity index (χ1v) is 7.83. The summed E-state index contributed by atoms with van der Waals surface area (Å²) in [5.74, 6) is -0.748. The Morgan fingerprint density at radius 1 is 1.04 bits per heavy atom. The van der Waals surface area contributed by atoms with Gasteiger partial charge in [-0.2, -0.15) is 0 Å². The van der Waals surface area contributed by atoms with Gasteiger partial charge in [0.15, 0.2) is 5.78 Å². The molecular formula is C19H20N2O4. The number of para-hydroxylation sites is 1. The van der Waals surface area contributed by atoms with Gasteiger partial charge in [-0.1, -0.05) is 24.3 Å². The van der Waals surface area contributed by atoms with Crippen LogP contribution < -0.4 is 10.6 Å². The van der Waals surface area contributed by atoms with Crippen LogP contribution in [-0.2, 0) is 9.53 Å². The molecule has 0 spiro atoms. The minimum Gasteiger partial charge on any atom is -0.465 e. The molecule has 0 radical (unpaired) electrons. The zero-order valence-corrected chi connectivity index (χ0v) is 14.2. The number of hydrogen-bond donors (Lipinski definition) is 2. The number of ether oxygens (including phenoxy) is 1. The van der Waals surface area contributed by atoms with Crippen molar-refractivity contribution in [1.82, 2.24) is 0 Å². The second-order valence-corrected chi connectivity index (χ2v) is 5.40. The Hall–Kier alpha value is -3.15. The van der Waals surface area contributed by atoms with Crippen molar-refractivity contribution in [3.63, 3.8) is 0 Å². The minimum atomic E-state index is -0.505. The number of rotatable bonds is 7. The van der Waals surface area contributed by atoms with Gasteiger partial charge in [0.05, 0.1) is 18.4 Å². The predicted octanol–water partition coefficient (Wildman–Crippen LogP) is 3.12. The van der Waals surface area contributed by atoms with E-state index >= 15 is 0 Å². The lowest BCUT2D eigenvalue weighted by Gasteiger charge is -2.10. The van der Waals surface area contributed by atoms with Crippen molar-refractivity contribution in [2.75, 3.05) is 24.3 Å². The van der Waals surface area contributed by atoms with E-state index in [1.54, 1.807) is 42.5 Å². The van der Waals surface area contributed by atoms with Crippen molar-refractivity contribution in [3.8, 4) is 0 Å². The Morgan fingerprint density at radius 3 is 2.52 bits per heavy atom. The number of amides is 1. The topological polar surface area (TPSA) is 84.5 Å². The minimum absolute atomic E-state index is 0.0131. The summed E-state index contributed by atoms with van der Waals surface area (Å²) in [6.45, 7) is 1.90. The highest BCUT2D eigenvalue weighted by molar-refractivity contribution is 6.01. The molecule has 0 aliphatic rings. The molecule has 0 saturated carbocycles. The highest BCUT2D eigenvalue weighted by Gasteiger charge is 2.13. The van der Waals surface area contributed by atoms with Crippen molar-refractivity contribution in [2.24, 2.45) is 0 Å². The molecular weight excluding hydrogens is 320 g/mol. The van der Waals surface area contributed by atoms with Crippen molar-refractivity contribution in [1.29, 1.82) is 0 Å². The molecule has 0 fully saturated rings. The quantitative estimate of drug-likeness (QED) is 0.597. The van der Waals surface area contributed by atoms with Crippen molar-refractivity contribution in [3.05, 3.63) is 59.7 Å². The molecule has 0 aliphatic carbocycles. The number of ketones is 1. The third-order valence-corrected chi connectivity index (χ3v) is 3.56. The van der Waals surface area contributed by atoms with Crippen molar-refractivity contribution < 1.29 is 19.1 Å². The van der Waals surface area contributed by atoms with Gasteiger partial charge < -0.3 is 15.4 Å². The molecule has 6 heteroatoms. The lowest BCUT2D eigenvalue weighted by atomic mass is 10.1. The number of benzene rings is 2. The lowest BCUT2D eigenvalue weighted by Crippen LogP contribution is -2.18. The average Bonchev–Trinajstić information content (AvgIpc) is 2.61. The number of methoxy groups -OCH3 is 1. The van der Waals surface area contributed by atoms with Gasteiger partial charge in [-0.05, 0) is 31.2 Å². The van der Waals surface area contributed by atoms with Crippen LogP contribution in [0.2, 0.25) is 0 Å². The van der Waals surface area contributed by atoms with E-state index in [0.29, 0.717) is 23.4 Å². The zero-order chi connectivity index (χ0) is 18.2. The van der Waals surface area contributed by atoms with Crippen LogP contribution in [0.1, 0.15) is 34.1 Å². The van der Waals surface area contributed by atoms with Gasteiger partial charge in [-0.15, -0.1) is 0 Å². The normalized spacial score (nSPS) is 10.0. The van der Waals surface area contributed by atoms with Gasteiger partial charge in [0, 0.05) is 24.2 Å². The average molecular weight is 340 g/mol. The molecule has 0 aromatic heterocycles. The van der Waals surface area contributed by atoms with Crippen LogP contribution in [0.4, 0.5) is 11.4 Å². The molecule has 2 N–H and O–H groups in total. The van der Waals surface area contributed by atoms with E-state index in [0.717, 1.165) is 5.69 Å². The fourth-order valence-corrected chi connectivity index (χ4v) is 2.26. The zero-order valence-electron chi connectivity index (χ0n) is 14.2. The Kier molecular flexibility index (Phi) is 6.28. The molecule has 130 valence electrons. The van der Waals surface area contributed by atoms with Gasteiger partial charge in [0.1, 0.15) is 0 Å². The number of hydrogen-bond acceptors (Lipinski definition) is 5. The molecule has 0 heterocycles. The van der Waals surface area contributed by atoms with Crippen LogP contribution in [0.25, 0.3) is 0 Å². The first-order chi connectivity index (χ1) is 12.0. The number of Topliss-reactive ketones (excluding diaryl/α,β-unsaturated/α-hetero) is 1. The van der Waals surface area contributed by atoms with E-state index in [1.807, 2.05) is 6.07 Å². The van der Waals surface area contributed by atoms with Gasteiger partial charge in [0.25, 0.3) is 0 Å². The van der Waals surface area contributed by atoms with E-state index < -0.39 is 5.97 Å². The molecule has 2 rings (SSSR count). The third kappa shape index (κ3) is 5.17. The van der Waals surface area contributed by atoms with E-state index in [4.69, 9.17) is 4.74 Å². The Bertz CT molecular complexity index is 786. The SMILES string of the molecule is COC(=O)c1ccccc1NC(=O)CCNc1cccc(C(C)=O)c1. The molecule has 0 atom stereocenters. The molecule has 0 unspecified atom stereocenters. The third-order valence-electron chi connectivity index (χ3n) is 3.56. The number of anilines is 2. The molecule has 0 saturated heterocycles.